The van der Waals surface area contributed by atoms with Gasteiger partial charge in [0.25, 0.3) is 0 Å². The lowest BCUT2D eigenvalue weighted by Crippen LogP contribution is -2.30. The van der Waals surface area contributed by atoms with Crippen molar-refractivity contribution in [2.45, 2.75) is 98.5 Å². The van der Waals surface area contributed by atoms with E-state index in [1.54, 1.807) is 27.0 Å². The van der Waals surface area contributed by atoms with Gasteiger partial charge in [-0.05, 0) is 83.8 Å². The van der Waals surface area contributed by atoms with Gasteiger partial charge in [0.1, 0.15) is 17.2 Å². The Balaban J connectivity index is 1.59. The summed E-state index contributed by atoms with van der Waals surface area (Å²) in [7, 11) is 2.01. The van der Waals surface area contributed by atoms with Gasteiger partial charge in [-0.1, -0.05) is 38.1 Å². The van der Waals surface area contributed by atoms with Gasteiger partial charge in [-0.15, -0.1) is 0 Å². The number of aryl methyl sites for hydroxylation is 1. The molecule has 1 aromatic carbocycles. The Bertz CT molecular complexity index is 1300. The van der Waals surface area contributed by atoms with Gasteiger partial charge in [0.2, 0.25) is 0 Å². The van der Waals surface area contributed by atoms with Crippen molar-refractivity contribution in [3.8, 4) is 0 Å². The van der Waals surface area contributed by atoms with Crippen molar-refractivity contribution in [1.29, 1.82) is 0 Å². The lowest BCUT2D eigenvalue weighted by molar-refractivity contribution is -0.166. The second-order valence-electron chi connectivity index (χ2n) is 13.3. The zero-order valence-electron chi connectivity index (χ0n) is 29.5. The minimum absolute atomic E-state index is 0.216. The van der Waals surface area contributed by atoms with Crippen LogP contribution in [0.2, 0.25) is 0 Å². The minimum atomic E-state index is -0.615. The van der Waals surface area contributed by atoms with Gasteiger partial charge in [0, 0.05) is 51.5 Å². The molecule has 3 rings (SSSR count). The zero-order chi connectivity index (χ0) is 34.1. The molecular formula is C36H57N7O4. The molecule has 0 bridgehead atoms. The SMILES string of the molecule is CCCN(CCC)CCCCN(CCC(=O)OCC(=O)OC(C)(C)C)Cc1ccc(CN(Cc2ncc[nH]2)Cc2nccn2C)cc1. The van der Waals surface area contributed by atoms with Crippen LogP contribution in [0, 0.1) is 0 Å². The number of hydrogen-bond acceptors (Lipinski definition) is 9. The summed E-state index contributed by atoms with van der Waals surface area (Å²) in [5.74, 6) is 0.997. The predicted octanol–water partition coefficient (Wildman–Crippen LogP) is 5.32. The first-order chi connectivity index (χ1) is 22.5. The molecule has 0 fully saturated rings. The van der Waals surface area contributed by atoms with Gasteiger partial charge >= 0.3 is 11.9 Å². The molecule has 0 radical (unpaired) electrons. The standard InChI is InChI=1S/C36H57N7O4/c1-7-19-41(20-8-2)21-9-10-22-42(23-15-34(44)46-29-35(45)47-36(3,4)5)25-30-11-13-31(14-12-30)26-43(27-32-37-16-17-38-32)28-33-39-18-24-40(33)6/h11-14,16-18,24H,7-10,15,19-23,25-29H2,1-6H3,(H,37,38). The molecule has 0 saturated carbocycles. The van der Waals surface area contributed by atoms with Crippen molar-refractivity contribution in [1.82, 2.24) is 34.2 Å². The maximum Gasteiger partial charge on any atom is 0.344 e. The molecule has 11 heteroatoms. The van der Waals surface area contributed by atoms with E-state index in [4.69, 9.17) is 9.47 Å². The molecule has 3 aromatic rings. The molecule has 0 spiro atoms. The van der Waals surface area contributed by atoms with Crippen LogP contribution >= 0.6 is 0 Å². The molecule has 1 N–H and O–H groups in total. The zero-order valence-corrected chi connectivity index (χ0v) is 29.5. The number of imidazole rings is 2. The van der Waals surface area contributed by atoms with Crippen LogP contribution in [-0.4, -0.2) is 91.1 Å². The third-order valence-electron chi connectivity index (χ3n) is 7.73. The summed E-state index contributed by atoms with van der Waals surface area (Å²) in [6.07, 6.45) is 12.1. The summed E-state index contributed by atoms with van der Waals surface area (Å²) in [5.41, 5.74) is 1.78. The van der Waals surface area contributed by atoms with Gasteiger partial charge in [-0.25, -0.2) is 14.8 Å². The number of hydrogen-bond donors (Lipinski definition) is 1. The fraction of sp³-hybridized carbons (Fsp3) is 0.611. The quantitative estimate of drug-likeness (QED) is 0.114. The number of aromatic amines is 1. The molecule has 0 aliphatic carbocycles. The van der Waals surface area contributed by atoms with Gasteiger partial charge in [0.15, 0.2) is 6.61 Å². The molecule has 2 aromatic heterocycles. The van der Waals surface area contributed by atoms with E-state index in [0.29, 0.717) is 19.6 Å². The normalized spacial score (nSPS) is 11.9. The molecule has 2 heterocycles. The van der Waals surface area contributed by atoms with Crippen LogP contribution in [0.1, 0.15) is 89.5 Å². The highest BCUT2D eigenvalue weighted by Crippen LogP contribution is 2.15. The molecule has 47 heavy (non-hydrogen) atoms. The number of unbranched alkanes of at least 4 members (excludes halogenated alkanes) is 1. The Kier molecular flexibility index (Phi) is 16.1. The third-order valence-corrected chi connectivity index (χ3v) is 7.73. The van der Waals surface area contributed by atoms with E-state index in [9.17, 15) is 9.59 Å². The summed E-state index contributed by atoms with van der Waals surface area (Å²) < 4.78 is 12.5. The lowest BCUT2D eigenvalue weighted by atomic mass is 10.1. The second kappa shape index (κ2) is 20.0. The summed E-state index contributed by atoms with van der Waals surface area (Å²) in [6.45, 7) is 17.2. The molecule has 0 unspecified atom stereocenters. The molecular weight excluding hydrogens is 594 g/mol. The Morgan fingerprint density at radius 3 is 1.98 bits per heavy atom. The average molecular weight is 652 g/mol. The van der Waals surface area contributed by atoms with E-state index < -0.39 is 17.5 Å². The maximum absolute atomic E-state index is 12.5. The Hall–Kier alpha value is -3.54. The van der Waals surface area contributed by atoms with Crippen LogP contribution in [0.5, 0.6) is 0 Å². The molecule has 0 aliphatic rings. The van der Waals surface area contributed by atoms with E-state index >= 15 is 0 Å². The van der Waals surface area contributed by atoms with Crippen molar-refractivity contribution in [2.24, 2.45) is 7.05 Å². The maximum atomic E-state index is 12.5. The minimum Gasteiger partial charge on any atom is -0.457 e. The molecule has 0 atom stereocenters. The third kappa shape index (κ3) is 15.3. The van der Waals surface area contributed by atoms with E-state index in [1.165, 1.54) is 11.1 Å². The van der Waals surface area contributed by atoms with Crippen LogP contribution in [-0.2, 0) is 52.3 Å². The lowest BCUT2D eigenvalue weighted by Gasteiger charge is -2.24. The van der Waals surface area contributed by atoms with Crippen molar-refractivity contribution in [3.05, 3.63) is 71.8 Å². The van der Waals surface area contributed by atoms with Crippen LogP contribution in [0.4, 0.5) is 0 Å². The molecule has 260 valence electrons. The first-order valence-electron chi connectivity index (χ1n) is 17.1. The number of aromatic nitrogens is 4. The van der Waals surface area contributed by atoms with Gasteiger partial charge in [-0.3, -0.25) is 14.6 Å². The topological polar surface area (TPSA) is 109 Å². The average Bonchev–Trinajstić information content (AvgIpc) is 3.68. The first-order valence-corrected chi connectivity index (χ1v) is 17.1. The second-order valence-corrected chi connectivity index (χ2v) is 13.3. The highest BCUT2D eigenvalue weighted by atomic mass is 16.6. The number of rotatable bonds is 22. The monoisotopic (exact) mass is 651 g/mol. The van der Waals surface area contributed by atoms with Gasteiger partial charge < -0.3 is 23.9 Å². The molecule has 11 nitrogen and oxygen atoms in total. The fourth-order valence-electron chi connectivity index (χ4n) is 5.52. The van der Waals surface area contributed by atoms with Crippen LogP contribution in [0.15, 0.2) is 49.1 Å². The summed E-state index contributed by atoms with van der Waals surface area (Å²) in [6, 6.07) is 8.73. The van der Waals surface area contributed by atoms with Crippen molar-refractivity contribution < 1.29 is 19.1 Å². The molecule has 0 saturated heterocycles. The van der Waals surface area contributed by atoms with Crippen molar-refractivity contribution in [2.75, 3.05) is 39.3 Å². The number of nitrogens with zero attached hydrogens (tertiary/aromatic N) is 6. The predicted molar refractivity (Wildman–Crippen MR) is 184 cm³/mol. The van der Waals surface area contributed by atoms with E-state index in [0.717, 1.165) is 76.6 Å². The van der Waals surface area contributed by atoms with E-state index in [2.05, 4.69) is 67.8 Å². The number of esters is 2. The Morgan fingerprint density at radius 2 is 1.43 bits per heavy atom. The highest BCUT2D eigenvalue weighted by Gasteiger charge is 2.18. The first kappa shape index (κ1) is 37.9. The summed E-state index contributed by atoms with van der Waals surface area (Å²) >= 11 is 0. The molecule has 0 aliphatic heterocycles. The Morgan fingerprint density at radius 1 is 0.787 bits per heavy atom. The number of nitrogens with one attached hydrogen (secondary N) is 1. The largest absolute Gasteiger partial charge is 0.457 e. The fourth-order valence-corrected chi connectivity index (χ4v) is 5.52. The highest BCUT2D eigenvalue weighted by molar-refractivity contribution is 5.76. The number of H-pyrrole nitrogens is 1. The van der Waals surface area contributed by atoms with Crippen LogP contribution in [0.25, 0.3) is 0 Å². The van der Waals surface area contributed by atoms with Crippen molar-refractivity contribution in [3.63, 3.8) is 0 Å². The number of ether oxygens (including phenoxy) is 2. The van der Waals surface area contributed by atoms with Gasteiger partial charge in [0.05, 0.1) is 19.5 Å². The Labute approximate surface area is 281 Å². The van der Waals surface area contributed by atoms with Gasteiger partial charge in [-0.2, -0.15) is 0 Å². The smallest absolute Gasteiger partial charge is 0.344 e. The van der Waals surface area contributed by atoms with Crippen LogP contribution < -0.4 is 0 Å². The molecule has 0 amide bonds. The van der Waals surface area contributed by atoms with Crippen LogP contribution in [0.3, 0.4) is 0 Å². The van der Waals surface area contributed by atoms with E-state index in [-0.39, 0.29) is 13.0 Å². The number of benzene rings is 1. The summed E-state index contributed by atoms with van der Waals surface area (Å²) in [5, 5.41) is 0. The van der Waals surface area contributed by atoms with Crippen molar-refractivity contribution >= 4 is 11.9 Å². The summed E-state index contributed by atoms with van der Waals surface area (Å²) in [4.78, 5) is 43.9. The number of carbonyl (C=O) groups excluding carboxylic acids is 2. The van der Waals surface area contributed by atoms with E-state index in [1.807, 2.05) is 30.2 Å². The number of carbonyl (C=O) groups is 2.